The average molecular weight is 285 g/mol. The van der Waals surface area contributed by atoms with Crippen LogP contribution in [-0.4, -0.2) is 51.2 Å². The Bertz CT molecular complexity index is 469. The smallest absolute Gasteiger partial charge is 0.353 e. The number of fused-ring (bicyclic) bond motifs is 1. The van der Waals surface area contributed by atoms with E-state index in [0.717, 1.165) is 12.8 Å². The summed E-state index contributed by atoms with van der Waals surface area (Å²) in [6.07, 6.45) is 0.706. The molecule has 4 atom stereocenters. The molecule has 2 saturated heterocycles. The minimum atomic E-state index is -1.10. The van der Waals surface area contributed by atoms with Gasteiger partial charge in [0.2, 0.25) is 5.91 Å². The minimum absolute atomic E-state index is 0.0452. The number of rotatable bonds is 3. The van der Waals surface area contributed by atoms with Gasteiger partial charge in [-0.3, -0.25) is 9.69 Å². The first-order chi connectivity index (χ1) is 9.02. The van der Waals surface area contributed by atoms with E-state index in [1.54, 1.807) is 6.92 Å². The average Bonchev–Trinajstić information content (AvgIpc) is 2.92. The van der Waals surface area contributed by atoms with Gasteiger partial charge < -0.3 is 14.9 Å². The quantitative estimate of drug-likeness (QED) is 0.729. The molecule has 2 fully saturated rings. The number of carboxylic acid groups (broad SMARTS) is 1. The van der Waals surface area contributed by atoms with Gasteiger partial charge in [-0.15, -0.1) is 0 Å². The summed E-state index contributed by atoms with van der Waals surface area (Å²) in [5, 5.41) is 18.6. The van der Waals surface area contributed by atoms with Gasteiger partial charge in [-0.2, -0.15) is 0 Å². The van der Waals surface area contributed by atoms with Crippen LogP contribution < -0.4 is 0 Å². The summed E-state index contributed by atoms with van der Waals surface area (Å²) in [4.78, 5) is 25.3. The largest absolute Gasteiger partial charge is 0.477 e. The normalized spacial score (nSPS) is 35.4. The number of carboxylic acids is 1. The summed E-state index contributed by atoms with van der Waals surface area (Å²) >= 11 is 1.35. The third kappa shape index (κ3) is 1.79. The lowest BCUT2D eigenvalue weighted by Gasteiger charge is -2.43. The van der Waals surface area contributed by atoms with Gasteiger partial charge in [0.05, 0.1) is 18.1 Å². The van der Waals surface area contributed by atoms with E-state index in [0.29, 0.717) is 11.5 Å². The Morgan fingerprint density at radius 2 is 2.32 bits per heavy atom. The van der Waals surface area contributed by atoms with Gasteiger partial charge in [0.1, 0.15) is 11.1 Å². The second-order valence-corrected chi connectivity index (χ2v) is 6.16. The van der Waals surface area contributed by atoms with Crippen LogP contribution in [0.15, 0.2) is 10.6 Å². The number of carbonyl (C=O) groups excluding carboxylic acids is 1. The number of aliphatic hydroxyl groups excluding tert-OH is 1. The zero-order valence-corrected chi connectivity index (χ0v) is 11.2. The van der Waals surface area contributed by atoms with E-state index in [4.69, 9.17) is 4.74 Å². The Balaban J connectivity index is 1.91. The number of aliphatic hydroxyl groups is 1. The SMILES string of the molecule is C[C@@H](O)[C@@H]1C(=O)N2C(C(=O)O)=C([C@@H]3CCCO3)S[C@H]12. The lowest BCUT2D eigenvalue weighted by molar-refractivity contribution is -0.156. The lowest BCUT2D eigenvalue weighted by atomic mass is 9.92. The number of aliphatic carboxylic acids is 1. The van der Waals surface area contributed by atoms with Crippen LogP contribution in [0.3, 0.4) is 0 Å². The van der Waals surface area contributed by atoms with E-state index in [1.807, 2.05) is 0 Å². The molecule has 0 saturated carbocycles. The summed E-state index contributed by atoms with van der Waals surface area (Å²) < 4.78 is 5.53. The fourth-order valence-corrected chi connectivity index (χ4v) is 4.52. The number of thioether (sulfide) groups is 1. The van der Waals surface area contributed by atoms with Crippen molar-refractivity contribution in [1.82, 2.24) is 4.90 Å². The number of nitrogens with zero attached hydrogens (tertiary/aromatic N) is 1. The number of hydrogen-bond donors (Lipinski definition) is 2. The number of β-lactam (4-membered cyclic amide) rings is 1. The summed E-state index contributed by atoms with van der Waals surface area (Å²) in [7, 11) is 0. The monoisotopic (exact) mass is 285 g/mol. The Hall–Kier alpha value is -1.05. The summed E-state index contributed by atoms with van der Waals surface area (Å²) in [5.41, 5.74) is 0.0452. The first-order valence-corrected chi connectivity index (χ1v) is 7.17. The van der Waals surface area contributed by atoms with E-state index in [-0.39, 0.29) is 23.1 Å². The Kier molecular flexibility index (Phi) is 3.07. The first kappa shape index (κ1) is 13.0. The van der Waals surface area contributed by atoms with Gasteiger partial charge in [0.15, 0.2) is 0 Å². The van der Waals surface area contributed by atoms with Gasteiger partial charge in [-0.1, -0.05) is 11.8 Å². The predicted molar refractivity (Wildman–Crippen MR) is 67.0 cm³/mol. The van der Waals surface area contributed by atoms with Crippen LogP contribution in [-0.2, 0) is 14.3 Å². The van der Waals surface area contributed by atoms with Crippen LogP contribution in [0, 0.1) is 5.92 Å². The third-order valence-electron chi connectivity index (χ3n) is 3.75. The standard InChI is InChI=1S/C12H15NO5S/c1-5(14)7-10(15)13-8(12(16)17)9(19-11(7)13)6-3-2-4-18-6/h5-7,11,14H,2-4H2,1H3,(H,16,17)/t5-,6+,7-,11-/m1/s1. The fraction of sp³-hybridized carbons (Fsp3) is 0.667. The van der Waals surface area contributed by atoms with Crippen molar-refractivity contribution >= 4 is 23.6 Å². The molecule has 0 aromatic carbocycles. The molecule has 3 aliphatic heterocycles. The van der Waals surface area contributed by atoms with Gasteiger partial charge in [-0.25, -0.2) is 4.79 Å². The van der Waals surface area contributed by atoms with Gasteiger partial charge in [0.25, 0.3) is 0 Å². The van der Waals surface area contributed by atoms with Crippen LogP contribution in [0.2, 0.25) is 0 Å². The zero-order valence-electron chi connectivity index (χ0n) is 10.4. The summed E-state index contributed by atoms with van der Waals surface area (Å²) in [6, 6.07) is 0. The Morgan fingerprint density at radius 1 is 1.58 bits per heavy atom. The minimum Gasteiger partial charge on any atom is -0.477 e. The van der Waals surface area contributed by atoms with Gasteiger partial charge >= 0.3 is 5.97 Å². The summed E-state index contributed by atoms with van der Waals surface area (Å²) in [5.74, 6) is -1.92. The topological polar surface area (TPSA) is 87.1 Å². The molecular formula is C12H15NO5S. The second kappa shape index (κ2) is 4.50. The van der Waals surface area contributed by atoms with E-state index in [2.05, 4.69) is 0 Å². The van der Waals surface area contributed by atoms with Crippen LogP contribution in [0.25, 0.3) is 0 Å². The molecule has 0 aromatic rings. The van der Waals surface area contributed by atoms with E-state index >= 15 is 0 Å². The van der Waals surface area contributed by atoms with Crippen molar-refractivity contribution in [1.29, 1.82) is 0 Å². The van der Waals surface area contributed by atoms with Crippen LogP contribution >= 0.6 is 11.8 Å². The van der Waals surface area contributed by atoms with E-state index < -0.39 is 18.0 Å². The molecule has 104 valence electrons. The van der Waals surface area contributed by atoms with Crippen molar-refractivity contribution in [3.8, 4) is 0 Å². The molecule has 7 heteroatoms. The highest BCUT2D eigenvalue weighted by atomic mass is 32.2. The number of carbonyl (C=O) groups is 2. The van der Waals surface area contributed by atoms with Crippen LogP contribution in [0.4, 0.5) is 0 Å². The fourth-order valence-electron chi connectivity index (χ4n) is 2.82. The molecule has 0 spiro atoms. The molecule has 0 radical (unpaired) electrons. The molecule has 3 heterocycles. The van der Waals surface area contributed by atoms with Gasteiger partial charge in [-0.05, 0) is 19.8 Å². The van der Waals surface area contributed by atoms with Crippen molar-refractivity contribution in [3.63, 3.8) is 0 Å². The number of hydrogen-bond acceptors (Lipinski definition) is 5. The van der Waals surface area contributed by atoms with Crippen LogP contribution in [0.1, 0.15) is 19.8 Å². The molecule has 1 amide bonds. The van der Waals surface area contributed by atoms with E-state index in [1.165, 1.54) is 16.7 Å². The van der Waals surface area contributed by atoms with Crippen molar-refractivity contribution in [2.24, 2.45) is 5.92 Å². The Labute approximate surface area is 114 Å². The highest BCUT2D eigenvalue weighted by Gasteiger charge is 2.58. The van der Waals surface area contributed by atoms with Crippen molar-refractivity contribution in [3.05, 3.63) is 10.6 Å². The molecule has 2 N–H and O–H groups in total. The maximum Gasteiger partial charge on any atom is 0.353 e. The molecule has 0 aliphatic carbocycles. The third-order valence-corrected chi connectivity index (χ3v) is 5.21. The first-order valence-electron chi connectivity index (χ1n) is 6.29. The van der Waals surface area contributed by atoms with Crippen molar-refractivity contribution in [2.45, 2.75) is 37.3 Å². The van der Waals surface area contributed by atoms with Crippen molar-refractivity contribution < 1.29 is 24.5 Å². The zero-order chi connectivity index (χ0) is 13.7. The molecule has 0 aromatic heterocycles. The number of ether oxygens (including phenoxy) is 1. The molecule has 6 nitrogen and oxygen atoms in total. The lowest BCUT2D eigenvalue weighted by Crippen LogP contribution is -2.60. The van der Waals surface area contributed by atoms with E-state index in [9.17, 15) is 19.8 Å². The number of amides is 1. The molecular weight excluding hydrogens is 270 g/mol. The highest BCUT2D eigenvalue weighted by molar-refractivity contribution is 8.04. The molecule has 0 unspecified atom stereocenters. The van der Waals surface area contributed by atoms with Crippen molar-refractivity contribution in [2.75, 3.05) is 6.61 Å². The highest BCUT2D eigenvalue weighted by Crippen LogP contribution is 2.52. The predicted octanol–water partition coefficient (Wildman–Crippen LogP) is 0.374. The maximum atomic E-state index is 12.0. The maximum absolute atomic E-state index is 12.0. The molecule has 19 heavy (non-hydrogen) atoms. The molecule has 0 bridgehead atoms. The van der Waals surface area contributed by atoms with Gasteiger partial charge in [0, 0.05) is 11.5 Å². The molecule has 3 rings (SSSR count). The second-order valence-electron chi connectivity index (χ2n) is 5.00. The molecule has 3 aliphatic rings. The summed E-state index contributed by atoms with van der Waals surface area (Å²) in [6.45, 7) is 2.19. The Morgan fingerprint density at radius 3 is 2.84 bits per heavy atom. The van der Waals surface area contributed by atoms with Crippen LogP contribution in [0.5, 0.6) is 0 Å².